The average Bonchev–Trinajstić information content (AvgIpc) is 2.14. The van der Waals surface area contributed by atoms with Crippen molar-refractivity contribution in [1.82, 2.24) is 0 Å². The van der Waals surface area contributed by atoms with Crippen LogP contribution in [0.3, 0.4) is 0 Å². The Morgan fingerprint density at radius 2 is 1.79 bits per heavy atom. The topological polar surface area (TPSA) is 26.3 Å². The lowest BCUT2D eigenvalue weighted by Gasteiger charge is -2.16. The van der Waals surface area contributed by atoms with Crippen LogP contribution in [0, 0.1) is 0 Å². The van der Waals surface area contributed by atoms with Crippen molar-refractivity contribution in [3.63, 3.8) is 0 Å². The van der Waals surface area contributed by atoms with Crippen molar-refractivity contribution in [2.24, 2.45) is 0 Å². The number of rotatable bonds is 3. The van der Waals surface area contributed by atoms with Gasteiger partial charge in [-0.2, -0.15) is 0 Å². The minimum atomic E-state index is -1.24. The molecule has 78 valence electrons. The fraction of sp³-hybridized carbons (Fsp3) is 0.455. The summed E-state index contributed by atoms with van der Waals surface area (Å²) in [6.07, 6.45) is 0. The second-order valence-electron chi connectivity index (χ2n) is 4.09. The number of hydrogen-bond donors (Lipinski definition) is 0. The highest BCUT2D eigenvalue weighted by Crippen LogP contribution is 2.14. The first kappa shape index (κ1) is 11.4. The van der Waals surface area contributed by atoms with Gasteiger partial charge in [0, 0.05) is 0 Å². The molecule has 1 aromatic carbocycles. The van der Waals surface area contributed by atoms with E-state index in [1.165, 1.54) is 0 Å². The quantitative estimate of drug-likeness (QED) is 0.770. The molecular weight excluding hydrogens is 196 g/mol. The van der Waals surface area contributed by atoms with Crippen LogP contribution in [0.25, 0.3) is 0 Å². The van der Waals surface area contributed by atoms with Crippen LogP contribution in [0.1, 0.15) is 26.3 Å². The molecule has 0 aromatic heterocycles. The van der Waals surface area contributed by atoms with Crippen LogP contribution in [0.5, 0.6) is 0 Å². The van der Waals surface area contributed by atoms with Gasteiger partial charge in [0.2, 0.25) is 0 Å². The Labute approximate surface area is 88.0 Å². The molecule has 0 aliphatic carbocycles. The minimum absolute atomic E-state index is 0.311. The zero-order chi connectivity index (χ0) is 10.6. The third kappa shape index (κ3) is 3.60. The molecule has 0 saturated carbocycles. The van der Waals surface area contributed by atoms with Crippen molar-refractivity contribution >= 4 is 11.1 Å². The molecule has 1 unspecified atom stereocenters. The van der Waals surface area contributed by atoms with Gasteiger partial charge in [0.1, 0.15) is 0 Å². The maximum atomic E-state index is 11.5. The summed E-state index contributed by atoms with van der Waals surface area (Å²) in [4.78, 5) is 0. The van der Waals surface area contributed by atoms with Gasteiger partial charge in [0.15, 0.2) is 11.1 Å². The smallest absolute Gasteiger partial charge is 0.161 e. The molecule has 1 rings (SSSR count). The fourth-order valence-electron chi connectivity index (χ4n) is 0.873. The molecule has 3 heteroatoms. The van der Waals surface area contributed by atoms with E-state index in [4.69, 9.17) is 4.18 Å². The molecule has 0 saturated heterocycles. The monoisotopic (exact) mass is 212 g/mol. The molecule has 0 bridgehead atoms. The van der Waals surface area contributed by atoms with E-state index in [0.29, 0.717) is 6.61 Å². The zero-order valence-corrected chi connectivity index (χ0v) is 9.64. The lowest BCUT2D eigenvalue weighted by atomic mass is 10.2. The van der Waals surface area contributed by atoms with Gasteiger partial charge in [-0.05, 0) is 26.3 Å². The average molecular weight is 212 g/mol. The van der Waals surface area contributed by atoms with Crippen LogP contribution in [-0.2, 0) is 21.9 Å². The lowest BCUT2D eigenvalue weighted by molar-refractivity contribution is 0.326. The molecule has 0 aliphatic rings. The highest BCUT2D eigenvalue weighted by molar-refractivity contribution is 7.81. The second-order valence-corrected chi connectivity index (χ2v) is 6.02. The molecule has 0 amide bonds. The van der Waals surface area contributed by atoms with Gasteiger partial charge in [-0.15, -0.1) is 0 Å². The molecule has 1 aromatic rings. The Morgan fingerprint density at radius 1 is 1.21 bits per heavy atom. The van der Waals surface area contributed by atoms with E-state index < -0.39 is 11.1 Å². The van der Waals surface area contributed by atoms with Crippen molar-refractivity contribution in [1.29, 1.82) is 0 Å². The fourth-order valence-corrected chi connectivity index (χ4v) is 1.47. The molecule has 14 heavy (non-hydrogen) atoms. The third-order valence-corrected chi connectivity index (χ3v) is 3.01. The highest BCUT2D eigenvalue weighted by Gasteiger charge is 2.20. The van der Waals surface area contributed by atoms with Crippen LogP contribution in [0.2, 0.25) is 0 Å². The van der Waals surface area contributed by atoms with Crippen molar-refractivity contribution in [3.8, 4) is 0 Å². The van der Waals surface area contributed by atoms with Gasteiger partial charge in [0.05, 0.1) is 11.4 Å². The van der Waals surface area contributed by atoms with Gasteiger partial charge in [0.25, 0.3) is 0 Å². The third-order valence-electron chi connectivity index (χ3n) is 1.68. The summed E-state index contributed by atoms with van der Waals surface area (Å²) < 4.78 is 16.5. The molecule has 0 radical (unpaired) electrons. The summed E-state index contributed by atoms with van der Waals surface area (Å²) in [7, 11) is 0. The Balaban J connectivity index is 2.46. The van der Waals surface area contributed by atoms with Gasteiger partial charge in [-0.25, -0.2) is 4.21 Å². The molecule has 2 nitrogen and oxygen atoms in total. The molecule has 1 atom stereocenters. The van der Waals surface area contributed by atoms with Crippen LogP contribution < -0.4 is 0 Å². The SMILES string of the molecule is CC(C)(C)S(=O)OCc1ccccc1. The van der Waals surface area contributed by atoms with Crippen LogP contribution in [0.15, 0.2) is 30.3 Å². The van der Waals surface area contributed by atoms with Crippen molar-refractivity contribution in [3.05, 3.63) is 35.9 Å². The normalized spacial score (nSPS) is 13.9. The van der Waals surface area contributed by atoms with Crippen LogP contribution in [-0.4, -0.2) is 8.96 Å². The molecule has 0 N–H and O–H groups in total. The predicted octanol–water partition coefficient (Wildman–Crippen LogP) is 2.67. The van der Waals surface area contributed by atoms with E-state index in [-0.39, 0.29) is 4.75 Å². The van der Waals surface area contributed by atoms with Crippen molar-refractivity contribution < 1.29 is 8.39 Å². The van der Waals surface area contributed by atoms with Crippen LogP contribution in [0.4, 0.5) is 0 Å². The number of benzene rings is 1. The largest absolute Gasteiger partial charge is 0.285 e. The first-order valence-corrected chi connectivity index (χ1v) is 5.67. The molecule has 0 spiro atoms. The Hall–Kier alpha value is -0.670. The summed E-state index contributed by atoms with van der Waals surface area (Å²) in [6.45, 7) is 6.10. The minimum Gasteiger partial charge on any atom is -0.285 e. The van der Waals surface area contributed by atoms with E-state index in [0.717, 1.165) is 5.56 Å². The Morgan fingerprint density at radius 3 is 2.29 bits per heavy atom. The van der Waals surface area contributed by atoms with E-state index in [1.807, 2.05) is 51.1 Å². The summed E-state index contributed by atoms with van der Waals surface area (Å²) >= 11 is -1.24. The lowest BCUT2D eigenvalue weighted by Crippen LogP contribution is -2.23. The maximum Gasteiger partial charge on any atom is 0.161 e. The second kappa shape index (κ2) is 4.71. The zero-order valence-electron chi connectivity index (χ0n) is 8.82. The van der Waals surface area contributed by atoms with Gasteiger partial charge >= 0.3 is 0 Å². The molecule has 0 aliphatic heterocycles. The summed E-state index contributed by atoms with van der Waals surface area (Å²) in [6, 6.07) is 9.75. The predicted molar refractivity (Wildman–Crippen MR) is 59.1 cm³/mol. The van der Waals surface area contributed by atoms with Crippen molar-refractivity contribution in [2.45, 2.75) is 32.1 Å². The van der Waals surface area contributed by atoms with Gasteiger partial charge < -0.3 is 0 Å². The van der Waals surface area contributed by atoms with E-state index >= 15 is 0 Å². The summed E-state index contributed by atoms with van der Waals surface area (Å²) in [5.41, 5.74) is 1.05. The maximum absolute atomic E-state index is 11.5. The Bertz CT molecular complexity index is 301. The first-order chi connectivity index (χ1) is 6.50. The highest BCUT2D eigenvalue weighted by atomic mass is 32.2. The number of hydrogen-bond acceptors (Lipinski definition) is 2. The standard InChI is InChI=1S/C11H16O2S/c1-11(2,3)14(12)13-9-10-7-5-4-6-8-10/h4-8H,9H2,1-3H3. The summed E-state index contributed by atoms with van der Waals surface area (Å²) in [5.74, 6) is 0. The molecular formula is C11H16O2S. The summed E-state index contributed by atoms with van der Waals surface area (Å²) in [5, 5.41) is 0. The van der Waals surface area contributed by atoms with E-state index in [1.54, 1.807) is 0 Å². The van der Waals surface area contributed by atoms with E-state index in [9.17, 15) is 4.21 Å². The van der Waals surface area contributed by atoms with Gasteiger partial charge in [-0.3, -0.25) is 4.18 Å². The first-order valence-electron chi connectivity index (χ1n) is 4.59. The van der Waals surface area contributed by atoms with Gasteiger partial charge in [-0.1, -0.05) is 30.3 Å². The molecule has 0 heterocycles. The Kier molecular flexibility index (Phi) is 3.84. The van der Waals surface area contributed by atoms with E-state index in [2.05, 4.69) is 0 Å². The molecule has 0 fully saturated rings. The van der Waals surface area contributed by atoms with Crippen molar-refractivity contribution in [2.75, 3.05) is 0 Å². The van der Waals surface area contributed by atoms with Crippen LogP contribution >= 0.6 is 0 Å².